The zero-order chi connectivity index (χ0) is 19.6. The van der Waals surface area contributed by atoms with Crippen molar-refractivity contribution in [2.45, 2.75) is 30.7 Å². The van der Waals surface area contributed by atoms with E-state index in [1.54, 1.807) is 24.3 Å². The average Bonchev–Trinajstić information content (AvgIpc) is 2.63. The number of benzene rings is 2. The van der Waals surface area contributed by atoms with E-state index in [1.807, 2.05) is 24.3 Å². The lowest BCUT2D eigenvalue weighted by atomic mass is 10.0. The van der Waals surface area contributed by atoms with Gasteiger partial charge < -0.3 is 10.6 Å². The van der Waals surface area contributed by atoms with Gasteiger partial charge in [0.25, 0.3) is 0 Å². The van der Waals surface area contributed by atoms with Crippen LogP contribution < -0.4 is 10.6 Å². The Hall–Kier alpha value is -2.49. The molecule has 27 heavy (non-hydrogen) atoms. The Labute approximate surface area is 168 Å². The summed E-state index contributed by atoms with van der Waals surface area (Å²) in [6.07, 6.45) is 0.534. The molecule has 0 heterocycles. The van der Waals surface area contributed by atoms with Gasteiger partial charge in [-0.25, -0.2) is 0 Å². The molecular weight excluding hydrogens is 382 g/mol. The molecule has 0 aliphatic rings. The van der Waals surface area contributed by atoms with Gasteiger partial charge in [-0.05, 0) is 29.8 Å². The predicted octanol–water partition coefficient (Wildman–Crippen LogP) is 4.55. The van der Waals surface area contributed by atoms with Gasteiger partial charge >= 0.3 is 0 Å². The Bertz CT molecular complexity index is 834. The maximum atomic E-state index is 12.6. The number of hydrogen-bond donors (Lipinski definition) is 2. The maximum absolute atomic E-state index is 12.6. The minimum atomic E-state index is -0.446. The summed E-state index contributed by atoms with van der Waals surface area (Å²) < 4.78 is 0. The highest BCUT2D eigenvalue weighted by Gasteiger charge is 2.18. The summed E-state index contributed by atoms with van der Waals surface area (Å²) >= 11 is 7.44. The van der Waals surface area contributed by atoms with Gasteiger partial charge in [0.1, 0.15) is 0 Å². The van der Waals surface area contributed by atoms with Crippen molar-refractivity contribution in [3.8, 4) is 6.07 Å². The van der Waals surface area contributed by atoms with Gasteiger partial charge in [-0.1, -0.05) is 35.9 Å². The molecule has 0 aliphatic heterocycles. The van der Waals surface area contributed by atoms with E-state index in [-0.39, 0.29) is 18.2 Å². The number of halogens is 1. The number of hydrogen-bond acceptors (Lipinski definition) is 4. The highest BCUT2D eigenvalue weighted by molar-refractivity contribution is 7.99. The smallest absolute Gasteiger partial charge is 0.226 e. The molecule has 0 saturated heterocycles. The van der Waals surface area contributed by atoms with E-state index in [0.717, 1.165) is 10.5 Å². The number of amides is 2. The van der Waals surface area contributed by atoms with Crippen molar-refractivity contribution >= 4 is 40.9 Å². The highest BCUT2D eigenvalue weighted by atomic mass is 35.5. The summed E-state index contributed by atoms with van der Waals surface area (Å²) in [4.78, 5) is 25.0. The van der Waals surface area contributed by atoms with Crippen LogP contribution in [0.2, 0.25) is 5.02 Å². The molecular formula is C20H20ClN3O2S. The summed E-state index contributed by atoms with van der Waals surface area (Å²) in [6.45, 7) is 1.42. The molecule has 0 spiro atoms. The molecule has 0 saturated carbocycles. The Morgan fingerprint density at radius 3 is 2.56 bits per heavy atom. The molecule has 0 bridgehead atoms. The average molecular weight is 402 g/mol. The SMILES string of the molecule is CC(=O)N[C@H](CC(=O)Nc1ccccc1SCCC#N)c1ccc(Cl)cc1. The summed E-state index contributed by atoms with van der Waals surface area (Å²) in [7, 11) is 0. The van der Waals surface area contributed by atoms with Crippen LogP contribution in [0.25, 0.3) is 0 Å². The lowest BCUT2D eigenvalue weighted by Gasteiger charge is -2.19. The number of rotatable bonds is 8. The first kappa shape index (κ1) is 20.8. The quantitative estimate of drug-likeness (QED) is 0.502. The van der Waals surface area contributed by atoms with E-state index in [0.29, 0.717) is 22.9 Å². The topological polar surface area (TPSA) is 82.0 Å². The second kappa shape index (κ2) is 10.6. The first-order chi connectivity index (χ1) is 13.0. The van der Waals surface area contributed by atoms with Gasteiger partial charge in [-0.15, -0.1) is 11.8 Å². The predicted molar refractivity (Wildman–Crippen MR) is 109 cm³/mol. The minimum Gasteiger partial charge on any atom is -0.349 e. The van der Waals surface area contributed by atoms with E-state index >= 15 is 0 Å². The van der Waals surface area contributed by atoms with Gasteiger partial charge in [0.05, 0.1) is 24.2 Å². The molecule has 2 amide bonds. The zero-order valence-electron chi connectivity index (χ0n) is 14.9. The van der Waals surface area contributed by atoms with Crippen LogP contribution in [0.1, 0.15) is 31.4 Å². The highest BCUT2D eigenvalue weighted by Crippen LogP contribution is 2.28. The lowest BCUT2D eigenvalue weighted by Crippen LogP contribution is -2.29. The van der Waals surface area contributed by atoms with Crippen LogP contribution in [0.3, 0.4) is 0 Å². The van der Waals surface area contributed by atoms with Crippen LogP contribution in [0.5, 0.6) is 0 Å². The van der Waals surface area contributed by atoms with Crippen molar-refractivity contribution in [2.75, 3.05) is 11.1 Å². The molecule has 7 heteroatoms. The molecule has 2 rings (SSSR count). The Morgan fingerprint density at radius 2 is 1.89 bits per heavy atom. The van der Waals surface area contributed by atoms with Gasteiger partial charge in [0.15, 0.2) is 0 Å². The van der Waals surface area contributed by atoms with E-state index in [4.69, 9.17) is 16.9 Å². The summed E-state index contributed by atoms with van der Waals surface area (Å²) in [5.74, 6) is 0.232. The monoisotopic (exact) mass is 401 g/mol. The Balaban J connectivity index is 2.08. The molecule has 0 aliphatic carbocycles. The maximum Gasteiger partial charge on any atom is 0.226 e. The van der Waals surface area contributed by atoms with E-state index < -0.39 is 6.04 Å². The van der Waals surface area contributed by atoms with Crippen LogP contribution >= 0.6 is 23.4 Å². The minimum absolute atomic E-state index is 0.0956. The summed E-state index contributed by atoms with van der Waals surface area (Å²) in [5.41, 5.74) is 1.50. The van der Waals surface area contributed by atoms with Crippen molar-refractivity contribution in [1.82, 2.24) is 5.32 Å². The number of carbonyl (C=O) groups is 2. The van der Waals surface area contributed by atoms with Crippen LogP contribution in [0, 0.1) is 11.3 Å². The van der Waals surface area contributed by atoms with Gasteiger partial charge in [0.2, 0.25) is 11.8 Å². The van der Waals surface area contributed by atoms with Gasteiger partial charge in [-0.3, -0.25) is 9.59 Å². The van der Waals surface area contributed by atoms with Crippen molar-refractivity contribution in [2.24, 2.45) is 0 Å². The second-order valence-electron chi connectivity index (χ2n) is 5.81. The molecule has 2 aromatic rings. The lowest BCUT2D eigenvalue weighted by molar-refractivity contribution is -0.120. The second-order valence-corrected chi connectivity index (χ2v) is 7.38. The van der Waals surface area contributed by atoms with Crippen LogP contribution in [0.15, 0.2) is 53.4 Å². The van der Waals surface area contributed by atoms with E-state index in [1.165, 1.54) is 18.7 Å². The van der Waals surface area contributed by atoms with Gasteiger partial charge in [0, 0.05) is 29.0 Å². The molecule has 2 aromatic carbocycles. The third kappa shape index (κ3) is 6.97. The Kier molecular flexibility index (Phi) is 8.18. The van der Waals surface area contributed by atoms with E-state index in [9.17, 15) is 9.59 Å². The molecule has 140 valence electrons. The molecule has 0 unspecified atom stereocenters. The molecule has 2 N–H and O–H groups in total. The summed E-state index contributed by atoms with van der Waals surface area (Å²) in [5, 5.41) is 15.0. The van der Waals surface area contributed by atoms with E-state index in [2.05, 4.69) is 16.7 Å². The molecule has 5 nitrogen and oxygen atoms in total. The number of anilines is 1. The van der Waals surface area contributed by atoms with Crippen molar-refractivity contribution in [3.63, 3.8) is 0 Å². The van der Waals surface area contributed by atoms with Gasteiger partial charge in [-0.2, -0.15) is 5.26 Å². The number of nitrogens with zero attached hydrogens (tertiary/aromatic N) is 1. The number of thioether (sulfide) groups is 1. The first-order valence-electron chi connectivity index (χ1n) is 8.41. The molecule has 0 aromatic heterocycles. The molecule has 0 radical (unpaired) electrons. The van der Waals surface area contributed by atoms with Crippen molar-refractivity contribution < 1.29 is 9.59 Å². The number of nitriles is 1. The van der Waals surface area contributed by atoms with Crippen LogP contribution in [-0.2, 0) is 9.59 Å². The third-order valence-electron chi connectivity index (χ3n) is 3.67. The first-order valence-corrected chi connectivity index (χ1v) is 9.77. The van der Waals surface area contributed by atoms with Crippen LogP contribution in [0.4, 0.5) is 5.69 Å². The standard InChI is InChI=1S/C20H20ClN3O2S/c1-14(25)23-18(15-7-9-16(21)10-8-15)13-20(26)24-17-5-2-3-6-19(17)27-12-4-11-22/h2-3,5-10,18H,4,12-13H2,1H3,(H,23,25)(H,24,26)/t18-/m1/s1. The molecule has 0 fully saturated rings. The number of carbonyl (C=O) groups excluding carboxylic acids is 2. The fourth-order valence-electron chi connectivity index (χ4n) is 2.48. The summed E-state index contributed by atoms with van der Waals surface area (Å²) in [6, 6.07) is 16.2. The zero-order valence-corrected chi connectivity index (χ0v) is 16.4. The normalized spacial score (nSPS) is 11.3. The number of nitrogens with one attached hydrogen (secondary N) is 2. The number of para-hydroxylation sites is 1. The van der Waals surface area contributed by atoms with Crippen LogP contribution in [-0.4, -0.2) is 17.6 Å². The van der Waals surface area contributed by atoms with Crippen molar-refractivity contribution in [3.05, 3.63) is 59.1 Å². The largest absolute Gasteiger partial charge is 0.349 e. The fraction of sp³-hybridized carbons (Fsp3) is 0.250. The fourth-order valence-corrected chi connectivity index (χ4v) is 3.47. The molecule has 1 atom stereocenters. The third-order valence-corrected chi connectivity index (χ3v) is 5.00. The Morgan fingerprint density at radius 1 is 1.19 bits per heavy atom. The van der Waals surface area contributed by atoms with Crippen molar-refractivity contribution in [1.29, 1.82) is 5.26 Å².